The summed E-state index contributed by atoms with van der Waals surface area (Å²) >= 11 is 0. The summed E-state index contributed by atoms with van der Waals surface area (Å²) in [6.07, 6.45) is 2.75. The highest BCUT2D eigenvalue weighted by molar-refractivity contribution is 5.43. The molecule has 1 aliphatic rings. The van der Waals surface area contributed by atoms with Gasteiger partial charge in [-0.05, 0) is 25.5 Å². The van der Waals surface area contributed by atoms with Crippen LogP contribution in [0.5, 0.6) is 11.6 Å². The summed E-state index contributed by atoms with van der Waals surface area (Å²) in [5, 5.41) is 11.1. The molecule has 9 nitrogen and oxygen atoms in total. The molecule has 9 heteroatoms. The van der Waals surface area contributed by atoms with Crippen molar-refractivity contribution in [1.82, 2.24) is 19.9 Å². The fourth-order valence-electron chi connectivity index (χ4n) is 3.18. The summed E-state index contributed by atoms with van der Waals surface area (Å²) in [6, 6.07) is 7.34. The predicted molar refractivity (Wildman–Crippen MR) is 105 cm³/mol. The molecule has 3 aromatic heterocycles. The standard InChI is InChI=1S/C20H23N5O4/c1-12-6-15(29-24-12)10-22-18-8-19(23-25(2)20(18)26)28-11-13-7-16(13)17-5-4-14(27-3)9-21-17/h4-6,8-9,13,16,22H,7,10-11H2,1-3H3. The van der Waals surface area contributed by atoms with Crippen molar-refractivity contribution in [3.8, 4) is 11.6 Å². The Morgan fingerprint density at radius 3 is 2.90 bits per heavy atom. The van der Waals surface area contributed by atoms with Crippen LogP contribution in [0, 0.1) is 12.8 Å². The van der Waals surface area contributed by atoms with Crippen LogP contribution in [0.4, 0.5) is 5.69 Å². The number of aryl methyl sites for hydroxylation is 2. The molecule has 0 radical (unpaired) electrons. The average molecular weight is 397 g/mol. The van der Waals surface area contributed by atoms with E-state index in [-0.39, 0.29) is 5.56 Å². The third-order valence-electron chi connectivity index (χ3n) is 4.91. The minimum Gasteiger partial charge on any atom is -0.495 e. The van der Waals surface area contributed by atoms with Crippen molar-refractivity contribution < 1.29 is 14.0 Å². The molecule has 3 aromatic rings. The maximum atomic E-state index is 12.3. The number of aromatic nitrogens is 4. The molecule has 4 rings (SSSR count). The smallest absolute Gasteiger partial charge is 0.290 e. The molecule has 29 heavy (non-hydrogen) atoms. The maximum absolute atomic E-state index is 12.3. The van der Waals surface area contributed by atoms with E-state index in [1.54, 1.807) is 26.4 Å². The van der Waals surface area contributed by atoms with Crippen molar-refractivity contribution in [2.45, 2.75) is 25.8 Å². The van der Waals surface area contributed by atoms with E-state index in [0.717, 1.165) is 23.6 Å². The molecule has 152 valence electrons. The fraction of sp³-hybridized carbons (Fsp3) is 0.400. The molecule has 1 aliphatic carbocycles. The lowest BCUT2D eigenvalue weighted by Crippen LogP contribution is -2.24. The topological polar surface area (TPSA) is 104 Å². The Bertz CT molecular complexity index is 1040. The lowest BCUT2D eigenvalue weighted by molar-refractivity contribution is 0.278. The molecule has 0 bridgehead atoms. The van der Waals surface area contributed by atoms with Crippen LogP contribution in [0.2, 0.25) is 0 Å². The fourth-order valence-corrected chi connectivity index (χ4v) is 3.18. The van der Waals surface area contributed by atoms with E-state index in [0.29, 0.717) is 42.3 Å². The molecular formula is C20H23N5O4. The zero-order chi connectivity index (χ0) is 20.4. The van der Waals surface area contributed by atoms with Crippen molar-refractivity contribution in [3.63, 3.8) is 0 Å². The highest BCUT2D eigenvalue weighted by atomic mass is 16.5. The van der Waals surface area contributed by atoms with Crippen LogP contribution in [-0.2, 0) is 13.6 Å². The Balaban J connectivity index is 1.36. The van der Waals surface area contributed by atoms with Gasteiger partial charge in [0.25, 0.3) is 5.56 Å². The summed E-state index contributed by atoms with van der Waals surface area (Å²) < 4.78 is 17.4. The Hall–Kier alpha value is -3.36. The normalized spacial score (nSPS) is 17.8. The zero-order valence-electron chi connectivity index (χ0n) is 16.6. The Labute approximate surface area is 167 Å². The maximum Gasteiger partial charge on any atom is 0.290 e. The van der Waals surface area contributed by atoms with Crippen LogP contribution >= 0.6 is 0 Å². The Morgan fingerprint density at radius 1 is 1.34 bits per heavy atom. The number of anilines is 1. The molecule has 0 aromatic carbocycles. The van der Waals surface area contributed by atoms with Gasteiger partial charge < -0.3 is 19.3 Å². The molecule has 0 saturated heterocycles. The first kappa shape index (κ1) is 19.0. The summed E-state index contributed by atoms with van der Waals surface area (Å²) in [5.41, 5.74) is 1.99. The quantitative estimate of drug-likeness (QED) is 0.617. The molecular weight excluding hydrogens is 374 g/mol. The van der Waals surface area contributed by atoms with E-state index in [9.17, 15) is 4.79 Å². The second kappa shape index (κ2) is 7.94. The van der Waals surface area contributed by atoms with Gasteiger partial charge in [0.1, 0.15) is 11.4 Å². The lowest BCUT2D eigenvalue weighted by atomic mass is 10.2. The summed E-state index contributed by atoms with van der Waals surface area (Å²) in [7, 11) is 3.22. The first-order chi connectivity index (χ1) is 14.0. The van der Waals surface area contributed by atoms with Crippen LogP contribution in [0.25, 0.3) is 0 Å². The number of hydrogen-bond donors (Lipinski definition) is 1. The highest BCUT2D eigenvalue weighted by Crippen LogP contribution is 2.46. The molecule has 3 heterocycles. The molecule has 2 unspecified atom stereocenters. The van der Waals surface area contributed by atoms with Gasteiger partial charge in [-0.3, -0.25) is 9.78 Å². The van der Waals surface area contributed by atoms with Crippen LogP contribution in [0.3, 0.4) is 0 Å². The number of ether oxygens (including phenoxy) is 2. The van der Waals surface area contributed by atoms with Gasteiger partial charge in [-0.25, -0.2) is 4.68 Å². The number of methoxy groups -OCH3 is 1. The minimum absolute atomic E-state index is 0.236. The Kier molecular flexibility index (Phi) is 5.20. The summed E-state index contributed by atoms with van der Waals surface area (Å²) in [5.74, 6) is 2.55. The van der Waals surface area contributed by atoms with E-state index in [1.807, 2.05) is 25.1 Å². The van der Waals surface area contributed by atoms with E-state index in [4.69, 9.17) is 14.0 Å². The monoisotopic (exact) mass is 397 g/mol. The van der Waals surface area contributed by atoms with Crippen LogP contribution < -0.4 is 20.3 Å². The average Bonchev–Trinajstić information content (AvgIpc) is 3.39. The van der Waals surface area contributed by atoms with E-state index < -0.39 is 0 Å². The van der Waals surface area contributed by atoms with Crippen molar-refractivity contribution in [3.05, 3.63) is 58.0 Å². The molecule has 1 N–H and O–H groups in total. The molecule has 1 fully saturated rings. The number of nitrogens with zero attached hydrogens (tertiary/aromatic N) is 4. The SMILES string of the molecule is COc1ccc(C2CC2COc2cc(NCc3cc(C)no3)c(=O)n(C)n2)nc1. The molecule has 1 saturated carbocycles. The first-order valence-electron chi connectivity index (χ1n) is 9.40. The minimum atomic E-state index is -0.236. The zero-order valence-corrected chi connectivity index (χ0v) is 16.6. The van der Waals surface area contributed by atoms with Crippen molar-refractivity contribution in [2.75, 3.05) is 19.0 Å². The van der Waals surface area contributed by atoms with E-state index >= 15 is 0 Å². The van der Waals surface area contributed by atoms with Crippen molar-refractivity contribution >= 4 is 5.69 Å². The summed E-state index contributed by atoms with van der Waals surface area (Å²) in [4.78, 5) is 16.8. The van der Waals surface area contributed by atoms with Gasteiger partial charge in [0.2, 0.25) is 5.88 Å². The van der Waals surface area contributed by atoms with Gasteiger partial charge in [-0.1, -0.05) is 5.16 Å². The van der Waals surface area contributed by atoms with Crippen LogP contribution in [0.15, 0.2) is 39.8 Å². The Morgan fingerprint density at radius 2 is 2.21 bits per heavy atom. The number of rotatable bonds is 8. The second-order valence-corrected chi connectivity index (χ2v) is 7.15. The highest BCUT2D eigenvalue weighted by Gasteiger charge is 2.40. The molecule has 0 amide bonds. The first-order valence-corrected chi connectivity index (χ1v) is 9.40. The predicted octanol–water partition coefficient (Wildman–Crippen LogP) is 2.27. The largest absolute Gasteiger partial charge is 0.495 e. The number of pyridine rings is 1. The molecule has 0 spiro atoms. The van der Waals surface area contributed by atoms with Crippen LogP contribution in [-0.4, -0.2) is 33.6 Å². The van der Waals surface area contributed by atoms with Gasteiger partial charge in [-0.15, -0.1) is 5.10 Å². The third kappa shape index (κ3) is 4.39. The molecule has 0 aliphatic heterocycles. The lowest BCUT2D eigenvalue weighted by Gasteiger charge is -2.10. The van der Waals surface area contributed by atoms with Crippen molar-refractivity contribution in [2.24, 2.45) is 13.0 Å². The van der Waals surface area contributed by atoms with Gasteiger partial charge in [0.05, 0.1) is 32.2 Å². The van der Waals surface area contributed by atoms with Gasteiger partial charge in [0, 0.05) is 36.7 Å². The van der Waals surface area contributed by atoms with Crippen LogP contribution in [0.1, 0.15) is 29.5 Å². The van der Waals surface area contributed by atoms with Gasteiger partial charge in [0.15, 0.2) is 5.76 Å². The van der Waals surface area contributed by atoms with Crippen molar-refractivity contribution in [1.29, 1.82) is 0 Å². The molecule has 2 atom stereocenters. The number of hydrogen-bond acceptors (Lipinski definition) is 8. The third-order valence-corrected chi connectivity index (χ3v) is 4.91. The van der Waals surface area contributed by atoms with E-state index in [2.05, 4.69) is 20.6 Å². The van der Waals surface area contributed by atoms with E-state index in [1.165, 1.54) is 4.68 Å². The number of nitrogens with one attached hydrogen (secondary N) is 1. The van der Waals surface area contributed by atoms with Gasteiger partial charge in [-0.2, -0.15) is 0 Å². The summed E-state index contributed by atoms with van der Waals surface area (Å²) in [6.45, 7) is 2.72. The second-order valence-electron chi connectivity index (χ2n) is 7.15. The van der Waals surface area contributed by atoms with Gasteiger partial charge >= 0.3 is 0 Å².